The third-order valence-corrected chi connectivity index (χ3v) is 3.26. The highest BCUT2D eigenvalue weighted by Crippen LogP contribution is 2.14. The maximum atomic E-state index is 12.2. The zero-order valence-corrected chi connectivity index (χ0v) is 12.7. The van der Waals surface area contributed by atoms with Crippen molar-refractivity contribution in [3.63, 3.8) is 0 Å². The molecule has 0 aromatic heterocycles. The molecule has 0 aromatic carbocycles. The SMILES string of the molecule is CC(C)CCOC(C)C(=O)N1CC(C(=O)O)O[C@H](C)C1. The first-order valence-electron chi connectivity index (χ1n) is 7.10. The van der Waals surface area contributed by atoms with E-state index in [9.17, 15) is 9.59 Å². The van der Waals surface area contributed by atoms with Crippen molar-refractivity contribution in [2.75, 3.05) is 19.7 Å². The van der Waals surface area contributed by atoms with Gasteiger partial charge in [-0.25, -0.2) is 4.79 Å². The molecular weight excluding hydrogens is 262 g/mol. The molecule has 0 bridgehead atoms. The predicted molar refractivity (Wildman–Crippen MR) is 73.4 cm³/mol. The van der Waals surface area contributed by atoms with Crippen LogP contribution in [0.4, 0.5) is 0 Å². The van der Waals surface area contributed by atoms with Gasteiger partial charge in [0, 0.05) is 13.2 Å². The standard InChI is InChI=1S/C14H25NO5/c1-9(2)5-6-19-11(4)13(16)15-7-10(3)20-12(8-15)14(17)18/h9-12H,5-8H2,1-4H3,(H,17,18)/t10-,11?,12?/m1/s1. The van der Waals surface area contributed by atoms with E-state index in [4.69, 9.17) is 14.6 Å². The molecule has 3 atom stereocenters. The minimum Gasteiger partial charge on any atom is -0.479 e. The lowest BCUT2D eigenvalue weighted by Gasteiger charge is -2.36. The highest BCUT2D eigenvalue weighted by atomic mass is 16.5. The summed E-state index contributed by atoms with van der Waals surface area (Å²) in [5.74, 6) is -0.685. The first kappa shape index (κ1) is 16.9. The maximum absolute atomic E-state index is 12.2. The van der Waals surface area contributed by atoms with Crippen molar-refractivity contribution in [2.45, 2.75) is 52.4 Å². The van der Waals surface area contributed by atoms with Gasteiger partial charge in [0.2, 0.25) is 0 Å². The van der Waals surface area contributed by atoms with Gasteiger partial charge in [0.15, 0.2) is 6.10 Å². The quantitative estimate of drug-likeness (QED) is 0.792. The fraction of sp³-hybridized carbons (Fsp3) is 0.857. The van der Waals surface area contributed by atoms with Gasteiger partial charge in [-0.2, -0.15) is 0 Å². The van der Waals surface area contributed by atoms with Crippen LogP contribution < -0.4 is 0 Å². The number of nitrogens with zero attached hydrogens (tertiary/aromatic N) is 1. The second-order valence-corrected chi connectivity index (χ2v) is 5.71. The molecule has 1 rings (SSSR count). The van der Waals surface area contributed by atoms with Crippen LogP contribution >= 0.6 is 0 Å². The highest BCUT2D eigenvalue weighted by molar-refractivity contribution is 5.82. The first-order valence-corrected chi connectivity index (χ1v) is 7.10. The Kier molecular flexibility index (Phi) is 6.42. The second kappa shape index (κ2) is 7.59. The number of aliphatic carboxylic acids is 1. The fourth-order valence-electron chi connectivity index (χ4n) is 2.08. The van der Waals surface area contributed by atoms with E-state index >= 15 is 0 Å². The Hall–Kier alpha value is -1.14. The van der Waals surface area contributed by atoms with Gasteiger partial charge in [0.25, 0.3) is 5.91 Å². The lowest BCUT2D eigenvalue weighted by Crippen LogP contribution is -2.54. The first-order chi connectivity index (χ1) is 9.31. The number of hydrogen-bond acceptors (Lipinski definition) is 4. The van der Waals surface area contributed by atoms with Crippen LogP contribution in [-0.2, 0) is 19.1 Å². The third-order valence-electron chi connectivity index (χ3n) is 3.26. The van der Waals surface area contributed by atoms with Crippen molar-refractivity contribution in [1.82, 2.24) is 4.90 Å². The molecular formula is C14H25NO5. The predicted octanol–water partition coefficient (Wildman–Crippen LogP) is 1.14. The van der Waals surface area contributed by atoms with Gasteiger partial charge in [0.05, 0.1) is 12.6 Å². The van der Waals surface area contributed by atoms with Crippen molar-refractivity contribution >= 4 is 11.9 Å². The van der Waals surface area contributed by atoms with Crippen LogP contribution in [0.15, 0.2) is 0 Å². The summed E-state index contributed by atoms with van der Waals surface area (Å²) in [5.41, 5.74) is 0. The second-order valence-electron chi connectivity index (χ2n) is 5.71. The average molecular weight is 287 g/mol. The number of carbonyl (C=O) groups is 2. The van der Waals surface area contributed by atoms with E-state index < -0.39 is 18.2 Å². The molecule has 1 amide bonds. The molecule has 2 unspecified atom stereocenters. The summed E-state index contributed by atoms with van der Waals surface area (Å²) >= 11 is 0. The Morgan fingerprint density at radius 1 is 1.35 bits per heavy atom. The van der Waals surface area contributed by atoms with Crippen LogP contribution in [0.3, 0.4) is 0 Å². The van der Waals surface area contributed by atoms with Crippen molar-refractivity contribution in [3.8, 4) is 0 Å². The number of carboxylic acid groups (broad SMARTS) is 1. The third kappa shape index (κ3) is 5.09. The van der Waals surface area contributed by atoms with E-state index in [-0.39, 0.29) is 18.6 Å². The van der Waals surface area contributed by atoms with Crippen LogP contribution in [0, 0.1) is 5.92 Å². The number of ether oxygens (including phenoxy) is 2. The molecule has 116 valence electrons. The topological polar surface area (TPSA) is 76.1 Å². The zero-order chi connectivity index (χ0) is 15.3. The van der Waals surface area contributed by atoms with Crippen LogP contribution in [0.5, 0.6) is 0 Å². The van der Waals surface area contributed by atoms with Crippen LogP contribution in [-0.4, -0.2) is 59.9 Å². The van der Waals surface area contributed by atoms with Gasteiger partial charge in [-0.3, -0.25) is 4.79 Å². The summed E-state index contributed by atoms with van der Waals surface area (Å²) in [6, 6.07) is 0. The molecule has 20 heavy (non-hydrogen) atoms. The molecule has 6 heteroatoms. The maximum Gasteiger partial charge on any atom is 0.334 e. The van der Waals surface area contributed by atoms with Crippen LogP contribution in [0.1, 0.15) is 34.1 Å². The Balaban J connectivity index is 2.50. The van der Waals surface area contributed by atoms with E-state index in [1.807, 2.05) is 0 Å². The summed E-state index contributed by atoms with van der Waals surface area (Å²) in [7, 11) is 0. The van der Waals surface area contributed by atoms with Gasteiger partial charge < -0.3 is 19.5 Å². The fourth-order valence-corrected chi connectivity index (χ4v) is 2.08. The minimum atomic E-state index is -1.04. The highest BCUT2D eigenvalue weighted by Gasteiger charge is 2.34. The molecule has 1 aliphatic rings. The van der Waals surface area contributed by atoms with Gasteiger partial charge in [-0.1, -0.05) is 13.8 Å². The number of hydrogen-bond donors (Lipinski definition) is 1. The van der Waals surface area contributed by atoms with Gasteiger partial charge in [0.1, 0.15) is 6.10 Å². The van der Waals surface area contributed by atoms with E-state index in [0.29, 0.717) is 19.1 Å². The normalized spacial score (nSPS) is 24.8. The van der Waals surface area contributed by atoms with E-state index in [1.165, 1.54) is 4.90 Å². The Morgan fingerprint density at radius 3 is 2.55 bits per heavy atom. The average Bonchev–Trinajstić information content (AvgIpc) is 2.36. The molecule has 1 saturated heterocycles. The van der Waals surface area contributed by atoms with Crippen molar-refractivity contribution < 1.29 is 24.2 Å². The van der Waals surface area contributed by atoms with Gasteiger partial charge >= 0.3 is 5.97 Å². The summed E-state index contributed by atoms with van der Waals surface area (Å²) in [4.78, 5) is 24.8. The summed E-state index contributed by atoms with van der Waals surface area (Å²) in [6.45, 7) is 8.68. The number of rotatable bonds is 6. The molecule has 1 fully saturated rings. The Bertz CT molecular complexity index is 344. The van der Waals surface area contributed by atoms with Crippen LogP contribution in [0.25, 0.3) is 0 Å². The molecule has 1 N–H and O–H groups in total. The van der Waals surface area contributed by atoms with Crippen LogP contribution in [0.2, 0.25) is 0 Å². The monoisotopic (exact) mass is 287 g/mol. The Morgan fingerprint density at radius 2 is 2.00 bits per heavy atom. The lowest BCUT2D eigenvalue weighted by atomic mass is 10.1. The molecule has 0 saturated carbocycles. The van der Waals surface area contributed by atoms with Crippen molar-refractivity contribution in [2.24, 2.45) is 5.92 Å². The number of carbonyl (C=O) groups excluding carboxylic acids is 1. The molecule has 0 aliphatic carbocycles. The van der Waals surface area contributed by atoms with E-state index in [2.05, 4.69) is 13.8 Å². The van der Waals surface area contributed by atoms with Gasteiger partial charge in [-0.05, 0) is 26.2 Å². The van der Waals surface area contributed by atoms with Gasteiger partial charge in [-0.15, -0.1) is 0 Å². The lowest BCUT2D eigenvalue weighted by molar-refractivity contribution is -0.170. The number of amides is 1. The van der Waals surface area contributed by atoms with Crippen molar-refractivity contribution in [1.29, 1.82) is 0 Å². The number of morpholine rings is 1. The molecule has 0 radical (unpaired) electrons. The van der Waals surface area contributed by atoms with E-state index in [0.717, 1.165) is 6.42 Å². The summed E-state index contributed by atoms with van der Waals surface area (Å²) in [5, 5.41) is 9.00. The molecule has 1 heterocycles. The summed E-state index contributed by atoms with van der Waals surface area (Å²) in [6.07, 6.45) is -0.884. The Labute approximate surface area is 120 Å². The van der Waals surface area contributed by atoms with E-state index in [1.54, 1.807) is 13.8 Å². The molecule has 0 aromatic rings. The molecule has 0 spiro atoms. The number of carboxylic acids is 1. The minimum absolute atomic E-state index is 0.0797. The smallest absolute Gasteiger partial charge is 0.334 e. The zero-order valence-electron chi connectivity index (χ0n) is 12.7. The molecule has 6 nitrogen and oxygen atoms in total. The largest absolute Gasteiger partial charge is 0.479 e. The van der Waals surface area contributed by atoms with Crippen molar-refractivity contribution in [3.05, 3.63) is 0 Å². The molecule has 1 aliphatic heterocycles. The summed E-state index contributed by atoms with van der Waals surface area (Å²) < 4.78 is 10.8.